The summed E-state index contributed by atoms with van der Waals surface area (Å²) in [5, 5.41) is 13.0. The Balaban J connectivity index is 1.35. The minimum absolute atomic E-state index is 0.0755. The third-order valence-electron chi connectivity index (χ3n) is 7.78. The molecule has 0 bridgehead atoms. The van der Waals surface area contributed by atoms with E-state index in [-0.39, 0.29) is 22.9 Å². The summed E-state index contributed by atoms with van der Waals surface area (Å²) in [4.78, 5) is 18.6. The lowest BCUT2D eigenvalue weighted by molar-refractivity contribution is 0.122. The van der Waals surface area contributed by atoms with E-state index in [2.05, 4.69) is 32.2 Å². The van der Waals surface area contributed by atoms with Gasteiger partial charge in [-0.05, 0) is 49.2 Å². The van der Waals surface area contributed by atoms with Gasteiger partial charge < -0.3 is 30.3 Å². The highest BCUT2D eigenvalue weighted by molar-refractivity contribution is 5.81. The van der Waals surface area contributed by atoms with Crippen LogP contribution in [0.5, 0.6) is 5.75 Å². The fourth-order valence-electron chi connectivity index (χ4n) is 5.60. The molecule has 4 aromatic rings. The highest BCUT2D eigenvalue weighted by atomic mass is 19.1. The quantitative estimate of drug-likeness (QED) is 0.317. The molecule has 2 saturated heterocycles. The molecular formula is C32H33FN8O2. The predicted molar refractivity (Wildman–Crippen MR) is 164 cm³/mol. The summed E-state index contributed by atoms with van der Waals surface area (Å²) in [7, 11) is 1.46. The smallest absolute Gasteiger partial charge is 0.136 e. The molecule has 1 aromatic carbocycles. The Hall–Kier alpha value is -4.79. The molecule has 0 spiro atoms. The van der Waals surface area contributed by atoms with Gasteiger partial charge in [0.25, 0.3) is 0 Å². The van der Waals surface area contributed by atoms with E-state index in [1.54, 1.807) is 24.3 Å². The number of piperidine rings is 1. The van der Waals surface area contributed by atoms with Crippen molar-refractivity contribution in [1.82, 2.24) is 15.0 Å². The van der Waals surface area contributed by atoms with Gasteiger partial charge in [-0.25, -0.2) is 19.3 Å². The lowest BCUT2D eigenvalue weighted by Gasteiger charge is -2.34. The van der Waals surface area contributed by atoms with Gasteiger partial charge in [0, 0.05) is 67.5 Å². The molecule has 2 aliphatic rings. The Morgan fingerprint density at radius 1 is 1.05 bits per heavy atom. The van der Waals surface area contributed by atoms with Gasteiger partial charge in [-0.1, -0.05) is 6.07 Å². The summed E-state index contributed by atoms with van der Waals surface area (Å²) in [6.45, 7) is 4.63. The number of benzene rings is 1. The van der Waals surface area contributed by atoms with Crippen LogP contribution >= 0.6 is 0 Å². The first-order valence-corrected chi connectivity index (χ1v) is 14.3. The molecule has 5 heterocycles. The monoisotopic (exact) mass is 580 g/mol. The second-order valence-corrected chi connectivity index (χ2v) is 10.6. The van der Waals surface area contributed by atoms with E-state index in [0.717, 1.165) is 61.7 Å². The molecule has 11 heteroatoms. The van der Waals surface area contributed by atoms with Crippen LogP contribution in [0, 0.1) is 17.1 Å². The molecule has 0 unspecified atom stereocenters. The number of methoxy groups -OCH3 is 1. The molecule has 0 aliphatic carbocycles. The van der Waals surface area contributed by atoms with Crippen LogP contribution < -0.4 is 25.6 Å². The molecule has 220 valence electrons. The number of nitriles is 1. The highest BCUT2D eigenvalue weighted by Crippen LogP contribution is 2.37. The molecule has 6 rings (SSSR count). The number of nitrogens with zero attached hydrogens (tertiary/aromatic N) is 6. The number of morpholine rings is 1. The molecule has 2 aliphatic heterocycles. The fourth-order valence-corrected chi connectivity index (χ4v) is 5.60. The summed E-state index contributed by atoms with van der Waals surface area (Å²) in [6, 6.07) is 16.1. The highest BCUT2D eigenvalue weighted by Gasteiger charge is 2.22. The van der Waals surface area contributed by atoms with Gasteiger partial charge in [0.15, 0.2) is 0 Å². The third kappa shape index (κ3) is 6.07. The SMILES string of the molecule is COc1cccc(F)c1-c1nc(Nc2cc(N3CCC[C@H](N)C3)c(-c3ccc(N4CCOCC4)nc3)cn2)ccc1C#N. The lowest BCUT2D eigenvalue weighted by atomic mass is 10.0. The van der Waals surface area contributed by atoms with Crippen LogP contribution in [-0.4, -0.2) is 67.5 Å². The number of hydrogen-bond donors (Lipinski definition) is 2. The van der Waals surface area contributed by atoms with Crippen molar-refractivity contribution in [2.24, 2.45) is 5.73 Å². The van der Waals surface area contributed by atoms with Crippen LogP contribution in [0.15, 0.2) is 60.9 Å². The van der Waals surface area contributed by atoms with E-state index in [4.69, 9.17) is 25.2 Å². The summed E-state index contributed by atoms with van der Waals surface area (Å²) in [5.41, 5.74) is 9.81. The van der Waals surface area contributed by atoms with Crippen molar-refractivity contribution in [2.45, 2.75) is 18.9 Å². The molecule has 10 nitrogen and oxygen atoms in total. The molecule has 0 amide bonds. The minimum Gasteiger partial charge on any atom is -0.496 e. The van der Waals surface area contributed by atoms with E-state index in [1.807, 2.05) is 24.5 Å². The van der Waals surface area contributed by atoms with Crippen LogP contribution in [0.25, 0.3) is 22.4 Å². The maximum atomic E-state index is 14.9. The van der Waals surface area contributed by atoms with Crippen molar-refractivity contribution >= 4 is 23.1 Å². The zero-order valence-electron chi connectivity index (χ0n) is 24.0. The molecule has 1 atom stereocenters. The van der Waals surface area contributed by atoms with Gasteiger partial charge in [0.05, 0.1) is 37.1 Å². The minimum atomic E-state index is -0.528. The maximum Gasteiger partial charge on any atom is 0.136 e. The number of anilines is 4. The molecule has 43 heavy (non-hydrogen) atoms. The third-order valence-corrected chi connectivity index (χ3v) is 7.78. The Kier molecular flexibility index (Phi) is 8.31. The lowest BCUT2D eigenvalue weighted by Crippen LogP contribution is -2.43. The number of rotatable bonds is 7. The number of ether oxygens (including phenoxy) is 2. The largest absolute Gasteiger partial charge is 0.496 e. The zero-order valence-corrected chi connectivity index (χ0v) is 24.0. The van der Waals surface area contributed by atoms with Crippen LogP contribution in [0.4, 0.5) is 27.5 Å². The van der Waals surface area contributed by atoms with E-state index >= 15 is 0 Å². The van der Waals surface area contributed by atoms with Gasteiger partial charge >= 0.3 is 0 Å². The Labute approximate surface area is 249 Å². The van der Waals surface area contributed by atoms with Gasteiger partial charge in [0.2, 0.25) is 0 Å². The summed E-state index contributed by atoms with van der Waals surface area (Å²) < 4.78 is 25.8. The number of nitrogens with two attached hydrogens (primary N) is 1. The van der Waals surface area contributed by atoms with Crippen LogP contribution in [0.1, 0.15) is 18.4 Å². The summed E-state index contributed by atoms with van der Waals surface area (Å²) >= 11 is 0. The first-order valence-electron chi connectivity index (χ1n) is 14.3. The van der Waals surface area contributed by atoms with E-state index in [1.165, 1.54) is 13.2 Å². The molecular weight excluding hydrogens is 547 g/mol. The van der Waals surface area contributed by atoms with E-state index < -0.39 is 5.82 Å². The van der Waals surface area contributed by atoms with Crippen molar-refractivity contribution in [1.29, 1.82) is 5.26 Å². The predicted octanol–water partition coefficient (Wildman–Crippen LogP) is 4.73. The van der Waals surface area contributed by atoms with Crippen LogP contribution in [-0.2, 0) is 4.74 Å². The molecule has 3 aromatic heterocycles. The summed E-state index contributed by atoms with van der Waals surface area (Å²) in [5.74, 6) is 1.66. The van der Waals surface area contributed by atoms with Gasteiger partial charge in [-0.15, -0.1) is 0 Å². The first-order chi connectivity index (χ1) is 21.0. The van der Waals surface area contributed by atoms with Gasteiger partial charge in [-0.2, -0.15) is 5.26 Å². The Morgan fingerprint density at radius 3 is 2.65 bits per heavy atom. The molecule has 3 N–H and O–H groups in total. The normalized spacial score (nSPS) is 16.9. The van der Waals surface area contributed by atoms with Crippen LogP contribution in [0.3, 0.4) is 0 Å². The second kappa shape index (κ2) is 12.6. The van der Waals surface area contributed by atoms with Crippen molar-refractivity contribution in [3.05, 3.63) is 72.3 Å². The number of hydrogen-bond acceptors (Lipinski definition) is 10. The van der Waals surface area contributed by atoms with Crippen molar-refractivity contribution in [3.8, 4) is 34.2 Å². The van der Waals surface area contributed by atoms with Crippen molar-refractivity contribution in [2.75, 3.05) is 61.6 Å². The van der Waals surface area contributed by atoms with Gasteiger partial charge in [0.1, 0.15) is 35.1 Å². The Bertz CT molecular complexity index is 1640. The fraction of sp³-hybridized carbons (Fsp3) is 0.312. The van der Waals surface area contributed by atoms with E-state index in [9.17, 15) is 9.65 Å². The van der Waals surface area contributed by atoms with Crippen LogP contribution in [0.2, 0.25) is 0 Å². The number of aromatic nitrogens is 3. The van der Waals surface area contributed by atoms with E-state index in [0.29, 0.717) is 30.6 Å². The second-order valence-electron chi connectivity index (χ2n) is 10.6. The number of halogens is 1. The first kappa shape index (κ1) is 28.3. The average Bonchev–Trinajstić information content (AvgIpc) is 3.05. The topological polar surface area (TPSA) is 125 Å². The van der Waals surface area contributed by atoms with Gasteiger partial charge in [-0.3, -0.25) is 0 Å². The molecule has 2 fully saturated rings. The number of nitrogens with one attached hydrogen (secondary N) is 1. The maximum absolute atomic E-state index is 14.9. The average molecular weight is 581 g/mol. The number of pyridine rings is 3. The summed E-state index contributed by atoms with van der Waals surface area (Å²) in [6.07, 6.45) is 5.69. The Morgan fingerprint density at radius 2 is 1.91 bits per heavy atom. The standard InChI is InChI=1S/C32H33FN8O2/c1-42-27-6-2-5-25(33)31(27)32-21(17-34)7-9-28(39-32)38-29-16-26(41-11-3-4-23(35)20-41)24(19-36-29)22-8-10-30(37-18-22)40-12-14-43-15-13-40/h2,5-10,16,18-19,23H,3-4,11-15,20,35H2,1H3,(H,36,38,39)/t23-/m0/s1. The zero-order chi connectivity index (χ0) is 29.8. The molecule has 0 saturated carbocycles. The van der Waals surface area contributed by atoms with Crippen molar-refractivity contribution in [3.63, 3.8) is 0 Å². The molecule has 0 radical (unpaired) electrons. The van der Waals surface area contributed by atoms with Crippen molar-refractivity contribution < 1.29 is 13.9 Å².